The Morgan fingerprint density at radius 1 is 1.56 bits per heavy atom. The summed E-state index contributed by atoms with van der Waals surface area (Å²) in [7, 11) is 0. The van der Waals surface area contributed by atoms with Crippen molar-refractivity contribution in [3.8, 4) is 0 Å². The fourth-order valence-electron chi connectivity index (χ4n) is 2.50. The summed E-state index contributed by atoms with van der Waals surface area (Å²) in [5.41, 5.74) is 7.23. The zero-order chi connectivity index (χ0) is 13.1. The molecule has 2 heterocycles. The maximum Gasteiger partial charge on any atom is 0.272 e. The number of likely N-dealkylation sites (tertiary alicyclic amines) is 1. The summed E-state index contributed by atoms with van der Waals surface area (Å²) in [6.45, 7) is 5.43. The van der Waals surface area contributed by atoms with Gasteiger partial charge in [0.2, 0.25) is 0 Å². The van der Waals surface area contributed by atoms with E-state index in [2.05, 4.69) is 11.9 Å². The van der Waals surface area contributed by atoms with Crippen LogP contribution in [0.3, 0.4) is 0 Å². The van der Waals surface area contributed by atoms with Crippen molar-refractivity contribution in [1.82, 2.24) is 9.88 Å². The topological polar surface area (TPSA) is 59.2 Å². The van der Waals surface area contributed by atoms with Crippen LogP contribution in [0, 0.1) is 12.8 Å². The van der Waals surface area contributed by atoms with Crippen LogP contribution in [-0.2, 0) is 0 Å². The number of hydrogen-bond acceptors (Lipinski definition) is 3. The van der Waals surface area contributed by atoms with Gasteiger partial charge in [-0.2, -0.15) is 0 Å². The highest BCUT2D eigenvalue weighted by Gasteiger charge is 2.30. The lowest BCUT2D eigenvalue weighted by atomic mass is 9.93. The van der Waals surface area contributed by atoms with Gasteiger partial charge in [-0.25, -0.2) is 0 Å². The molecule has 4 nitrogen and oxygen atoms in total. The highest BCUT2D eigenvalue weighted by molar-refractivity contribution is 5.93. The Kier molecular flexibility index (Phi) is 3.97. The predicted octanol–water partition coefficient (Wildman–Crippen LogP) is 1.59. The largest absolute Gasteiger partial charge is 0.334 e. The minimum atomic E-state index is 0.0405. The first kappa shape index (κ1) is 13.0. The number of rotatable bonds is 2. The standard InChI is InChI=1S/C14H21N3O/c1-10-4-3-7-16-13(10)14(18)17-9-12(8-15)6-5-11(17)2/h3-4,7,11-12H,5-6,8-9,15H2,1-2H3. The lowest BCUT2D eigenvalue weighted by Gasteiger charge is -2.37. The molecular formula is C14H21N3O. The number of nitrogens with zero attached hydrogens (tertiary/aromatic N) is 2. The molecule has 2 N–H and O–H groups in total. The van der Waals surface area contributed by atoms with Crippen LogP contribution in [0.25, 0.3) is 0 Å². The van der Waals surface area contributed by atoms with Crippen molar-refractivity contribution < 1.29 is 4.79 Å². The molecule has 0 aliphatic carbocycles. The molecule has 0 spiro atoms. The first-order valence-corrected chi connectivity index (χ1v) is 6.56. The Labute approximate surface area is 108 Å². The van der Waals surface area contributed by atoms with Crippen LogP contribution in [-0.4, -0.2) is 34.9 Å². The fraction of sp³-hybridized carbons (Fsp3) is 0.571. The van der Waals surface area contributed by atoms with Crippen LogP contribution in [0.5, 0.6) is 0 Å². The van der Waals surface area contributed by atoms with Crippen LogP contribution in [0.1, 0.15) is 35.8 Å². The minimum Gasteiger partial charge on any atom is -0.334 e. The number of carbonyl (C=O) groups is 1. The van der Waals surface area contributed by atoms with Gasteiger partial charge in [0.1, 0.15) is 5.69 Å². The van der Waals surface area contributed by atoms with Gasteiger partial charge in [-0.1, -0.05) is 6.07 Å². The maximum absolute atomic E-state index is 12.5. The van der Waals surface area contributed by atoms with Crippen LogP contribution < -0.4 is 5.73 Å². The summed E-state index contributed by atoms with van der Waals surface area (Å²) in [4.78, 5) is 18.7. The van der Waals surface area contributed by atoms with Crippen molar-refractivity contribution in [2.75, 3.05) is 13.1 Å². The Morgan fingerprint density at radius 3 is 3.00 bits per heavy atom. The van der Waals surface area contributed by atoms with Crippen molar-refractivity contribution in [2.45, 2.75) is 32.7 Å². The monoisotopic (exact) mass is 247 g/mol. The highest BCUT2D eigenvalue weighted by Crippen LogP contribution is 2.23. The second-order valence-corrected chi connectivity index (χ2v) is 5.15. The molecule has 2 unspecified atom stereocenters. The first-order valence-electron chi connectivity index (χ1n) is 6.56. The minimum absolute atomic E-state index is 0.0405. The molecule has 1 aromatic heterocycles. The SMILES string of the molecule is Cc1cccnc1C(=O)N1CC(CN)CCC1C. The molecule has 1 saturated heterocycles. The number of carbonyl (C=O) groups excluding carboxylic acids is 1. The average Bonchev–Trinajstić information content (AvgIpc) is 2.39. The molecule has 1 fully saturated rings. The van der Waals surface area contributed by atoms with Gasteiger partial charge in [0.15, 0.2) is 0 Å². The van der Waals surface area contributed by atoms with E-state index in [0.717, 1.165) is 24.9 Å². The van der Waals surface area contributed by atoms with Crippen molar-refractivity contribution in [1.29, 1.82) is 0 Å². The van der Waals surface area contributed by atoms with Crippen LogP contribution in [0.15, 0.2) is 18.3 Å². The van der Waals surface area contributed by atoms with E-state index >= 15 is 0 Å². The van der Waals surface area contributed by atoms with E-state index in [9.17, 15) is 4.79 Å². The van der Waals surface area contributed by atoms with Gasteiger partial charge in [-0.3, -0.25) is 9.78 Å². The quantitative estimate of drug-likeness (QED) is 0.863. The number of aromatic nitrogens is 1. The lowest BCUT2D eigenvalue weighted by molar-refractivity contribution is 0.0560. The molecule has 1 aliphatic rings. The maximum atomic E-state index is 12.5. The fourth-order valence-corrected chi connectivity index (χ4v) is 2.50. The summed E-state index contributed by atoms with van der Waals surface area (Å²) in [5.74, 6) is 0.466. The van der Waals surface area contributed by atoms with Crippen molar-refractivity contribution in [3.63, 3.8) is 0 Å². The van der Waals surface area contributed by atoms with E-state index in [0.29, 0.717) is 18.2 Å². The smallest absolute Gasteiger partial charge is 0.272 e. The lowest BCUT2D eigenvalue weighted by Crippen LogP contribution is -2.47. The molecule has 0 bridgehead atoms. The zero-order valence-electron chi connectivity index (χ0n) is 11.1. The van der Waals surface area contributed by atoms with E-state index in [1.807, 2.05) is 24.0 Å². The number of nitrogens with two attached hydrogens (primary N) is 1. The summed E-state index contributed by atoms with van der Waals surface area (Å²) in [5, 5.41) is 0. The Bertz CT molecular complexity index is 433. The average molecular weight is 247 g/mol. The van der Waals surface area contributed by atoms with Crippen molar-refractivity contribution >= 4 is 5.91 Å². The third-order valence-electron chi connectivity index (χ3n) is 3.79. The van der Waals surface area contributed by atoms with E-state index in [-0.39, 0.29) is 11.9 Å². The number of aryl methyl sites for hydroxylation is 1. The normalized spacial score (nSPS) is 24.1. The number of pyridine rings is 1. The highest BCUT2D eigenvalue weighted by atomic mass is 16.2. The third-order valence-corrected chi connectivity index (χ3v) is 3.79. The Balaban J connectivity index is 2.19. The van der Waals surface area contributed by atoms with Crippen molar-refractivity contribution in [2.24, 2.45) is 11.7 Å². The molecule has 2 rings (SSSR count). The van der Waals surface area contributed by atoms with E-state index < -0.39 is 0 Å². The third kappa shape index (κ3) is 2.53. The van der Waals surface area contributed by atoms with Gasteiger partial charge >= 0.3 is 0 Å². The summed E-state index contributed by atoms with van der Waals surface area (Å²) in [6.07, 6.45) is 3.82. The summed E-state index contributed by atoms with van der Waals surface area (Å²) < 4.78 is 0. The van der Waals surface area contributed by atoms with E-state index in [4.69, 9.17) is 5.73 Å². The molecule has 0 radical (unpaired) electrons. The Morgan fingerprint density at radius 2 is 2.33 bits per heavy atom. The second-order valence-electron chi connectivity index (χ2n) is 5.15. The van der Waals surface area contributed by atoms with E-state index in [1.165, 1.54) is 0 Å². The molecule has 1 aromatic rings. The molecule has 0 aromatic carbocycles. The van der Waals surface area contributed by atoms with Crippen molar-refractivity contribution in [3.05, 3.63) is 29.6 Å². The summed E-state index contributed by atoms with van der Waals surface area (Å²) in [6, 6.07) is 4.06. The molecular weight excluding hydrogens is 226 g/mol. The van der Waals surface area contributed by atoms with Crippen LogP contribution >= 0.6 is 0 Å². The van der Waals surface area contributed by atoms with Gasteiger partial charge in [0.05, 0.1) is 0 Å². The van der Waals surface area contributed by atoms with Gasteiger partial charge in [-0.15, -0.1) is 0 Å². The molecule has 18 heavy (non-hydrogen) atoms. The molecule has 1 aliphatic heterocycles. The van der Waals surface area contributed by atoms with Gasteiger partial charge in [0.25, 0.3) is 5.91 Å². The first-order chi connectivity index (χ1) is 8.63. The van der Waals surface area contributed by atoms with Gasteiger partial charge in [-0.05, 0) is 50.8 Å². The molecule has 1 amide bonds. The number of hydrogen-bond donors (Lipinski definition) is 1. The van der Waals surface area contributed by atoms with Gasteiger partial charge in [0, 0.05) is 18.8 Å². The molecule has 98 valence electrons. The predicted molar refractivity (Wildman–Crippen MR) is 71.3 cm³/mol. The molecule has 0 saturated carbocycles. The van der Waals surface area contributed by atoms with Crippen LogP contribution in [0.4, 0.5) is 0 Å². The Hall–Kier alpha value is -1.42. The zero-order valence-corrected chi connectivity index (χ0v) is 11.1. The number of piperidine rings is 1. The summed E-state index contributed by atoms with van der Waals surface area (Å²) >= 11 is 0. The molecule has 2 atom stereocenters. The van der Waals surface area contributed by atoms with Gasteiger partial charge < -0.3 is 10.6 Å². The molecule has 4 heteroatoms. The van der Waals surface area contributed by atoms with Crippen LogP contribution in [0.2, 0.25) is 0 Å². The second kappa shape index (κ2) is 5.48. The van der Waals surface area contributed by atoms with E-state index in [1.54, 1.807) is 6.20 Å². The number of amides is 1.